The molecule has 4 aliphatic rings. The highest BCUT2D eigenvalue weighted by Gasteiger charge is 2.51. The SMILES string of the molecule is Cc1ccccc1CSc1nnc(CC23CC4CC(CC(C4)C2)C3)n1C. The summed E-state index contributed by atoms with van der Waals surface area (Å²) >= 11 is 1.82. The quantitative estimate of drug-likeness (QED) is 0.683. The standard InChI is InChI=1S/C22H29N3S/c1-15-5-3-4-6-19(15)14-26-21-24-23-20(25(21)2)13-22-10-16-7-17(11-22)9-18(8-16)12-22/h3-6,16-18H,7-14H2,1-2H3. The van der Waals surface area contributed by atoms with E-state index in [1.165, 1.54) is 55.5 Å². The Morgan fingerprint density at radius 3 is 2.35 bits per heavy atom. The third-order valence-corrected chi connectivity index (χ3v) is 8.31. The van der Waals surface area contributed by atoms with Crippen LogP contribution in [0, 0.1) is 30.1 Å². The van der Waals surface area contributed by atoms with Gasteiger partial charge in [-0.05, 0) is 79.7 Å². The number of thioether (sulfide) groups is 1. The van der Waals surface area contributed by atoms with Gasteiger partial charge in [-0.2, -0.15) is 0 Å². The molecule has 1 aromatic carbocycles. The highest BCUT2D eigenvalue weighted by atomic mass is 32.2. The Balaban J connectivity index is 1.30. The van der Waals surface area contributed by atoms with Gasteiger partial charge in [-0.15, -0.1) is 10.2 Å². The molecule has 3 nitrogen and oxygen atoms in total. The molecule has 26 heavy (non-hydrogen) atoms. The fourth-order valence-electron chi connectivity index (χ4n) is 6.38. The van der Waals surface area contributed by atoms with Crippen molar-refractivity contribution >= 4 is 11.8 Å². The van der Waals surface area contributed by atoms with Crippen molar-refractivity contribution < 1.29 is 0 Å². The lowest BCUT2D eigenvalue weighted by Gasteiger charge is -2.56. The Hall–Kier alpha value is -1.29. The molecule has 0 radical (unpaired) electrons. The van der Waals surface area contributed by atoms with Crippen LogP contribution in [0.1, 0.15) is 55.5 Å². The van der Waals surface area contributed by atoms with E-state index in [4.69, 9.17) is 0 Å². The fraction of sp³-hybridized carbons (Fsp3) is 0.636. The fourth-order valence-corrected chi connectivity index (χ4v) is 7.39. The summed E-state index contributed by atoms with van der Waals surface area (Å²) in [5.74, 6) is 5.19. The molecule has 4 heteroatoms. The van der Waals surface area contributed by atoms with Gasteiger partial charge in [0.25, 0.3) is 0 Å². The summed E-state index contributed by atoms with van der Waals surface area (Å²) in [6.07, 6.45) is 10.00. The Morgan fingerprint density at radius 2 is 1.69 bits per heavy atom. The molecule has 4 saturated carbocycles. The van der Waals surface area contributed by atoms with E-state index in [1.54, 1.807) is 0 Å². The second-order valence-corrected chi connectivity index (χ2v) is 10.2. The van der Waals surface area contributed by atoms with Crippen LogP contribution in [0.4, 0.5) is 0 Å². The molecule has 4 aliphatic carbocycles. The zero-order chi connectivity index (χ0) is 17.7. The van der Waals surface area contributed by atoms with Gasteiger partial charge < -0.3 is 4.57 Å². The number of nitrogens with zero attached hydrogens (tertiary/aromatic N) is 3. The highest BCUT2D eigenvalue weighted by Crippen LogP contribution is 2.60. The lowest BCUT2D eigenvalue weighted by Crippen LogP contribution is -2.47. The zero-order valence-electron chi connectivity index (χ0n) is 15.9. The number of aryl methyl sites for hydroxylation is 1. The van der Waals surface area contributed by atoms with Gasteiger partial charge in [-0.1, -0.05) is 36.0 Å². The van der Waals surface area contributed by atoms with Gasteiger partial charge in [0, 0.05) is 19.2 Å². The summed E-state index contributed by atoms with van der Waals surface area (Å²) in [6, 6.07) is 8.63. The monoisotopic (exact) mass is 367 g/mol. The van der Waals surface area contributed by atoms with Crippen LogP contribution in [0.3, 0.4) is 0 Å². The van der Waals surface area contributed by atoms with Crippen LogP contribution in [0.5, 0.6) is 0 Å². The zero-order valence-corrected chi connectivity index (χ0v) is 16.8. The van der Waals surface area contributed by atoms with E-state index in [2.05, 4.69) is 53.0 Å². The number of aromatic nitrogens is 3. The smallest absolute Gasteiger partial charge is 0.191 e. The van der Waals surface area contributed by atoms with Crippen molar-refractivity contribution in [3.8, 4) is 0 Å². The van der Waals surface area contributed by atoms with Crippen molar-refractivity contribution in [2.24, 2.45) is 30.2 Å². The molecule has 1 aromatic heterocycles. The minimum absolute atomic E-state index is 0.535. The Morgan fingerprint density at radius 1 is 1.04 bits per heavy atom. The van der Waals surface area contributed by atoms with Gasteiger partial charge in [0.05, 0.1) is 0 Å². The van der Waals surface area contributed by atoms with Crippen molar-refractivity contribution in [1.29, 1.82) is 0 Å². The van der Waals surface area contributed by atoms with Crippen LogP contribution < -0.4 is 0 Å². The van der Waals surface area contributed by atoms with Crippen molar-refractivity contribution in [2.75, 3.05) is 0 Å². The third kappa shape index (κ3) is 3.00. The minimum Gasteiger partial charge on any atom is -0.309 e. The van der Waals surface area contributed by atoms with Gasteiger partial charge in [0.1, 0.15) is 5.82 Å². The first kappa shape index (κ1) is 16.9. The first-order valence-electron chi connectivity index (χ1n) is 10.2. The molecule has 0 unspecified atom stereocenters. The maximum atomic E-state index is 4.62. The summed E-state index contributed by atoms with van der Waals surface area (Å²) in [5, 5.41) is 10.2. The lowest BCUT2D eigenvalue weighted by atomic mass is 9.49. The summed E-state index contributed by atoms with van der Waals surface area (Å²) in [5.41, 5.74) is 3.28. The maximum absolute atomic E-state index is 4.62. The molecular weight excluding hydrogens is 338 g/mol. The average molecular weight is 368 g/mol. The molecule has 0 saturated heterocycles. The average Bonchev–Trinajstić information content (AvgIpc) is 2.92. The second-order valence-electron chi connectivity index (χ2n) is 9.27. The number of benzene rings is 1. The summed E-state index contributed by atoms with van der Waals surface area (Å²) in [6.45, 7) is 2.19. The van der Waals surface area contributed by atoms with E-state index >= 15 is 0 Å². The van der Waals surface area contributed by atoms with Crippen LogP contribution >= 0.6 is 11.8 Å². The number of hydrogen-bond acceptors (Lipinski definition) is 3. The first-order chi connectivity index (χ1) is 12.6. The third-order valence-electron chi connectivity index (χ3n) is 7.24. The number of hydrogen-bond donors (Lipinski definition) is 0. The first-order valence-corrected chi connectivity index (χ1v) is 11.1. The van der Waals surface area contributed by atoms with Gasteiger partial charge in [-0.25, -0.2) is 0 Å². The van der Waals surface area contributed by atoms with Gasteiger partial charge in [-0.3, -0.25) is 0 Å². The predicted molar refractivity (Wildman–Crippen MR) is 106 cm³/mol. The Bertz CT molecular complexity index is 774. The number of rotatable bonds is 5. The molecular formula is C22H29N3S. The van der Waals surface area contributed by atoms with E-state index in [0.29, 0.717) is 5.41 Å². The molecule has 0 aliphatic heterocycles. The van der Waals surface area contributed by atoms with Crippen LogP contribution in [0.25, 0.3) is 0 Å². The van der Waals surface area contributed by atoms with E-state index in [9.17, 15) is 0 Å². The topological polar surface area (TPSA) is 30.7 Å². The molecule has 0 spiro atoms. The van der Waals surface area contributed by atoms with Gasteiger partial charge in [0.2, 0.25) is 0 Å². The second kappa shape index (κ2) is 6.40. The molecule has 2 aromatic rings. The van der Waals surface area contributed by atoms with Crippen LogP contribution in [-0.2, 0) is 19.2 Å². The minimum atomic E-state index is 0.535. The highest BCUT2D eigenvalue weighted by molar-refractivity contribution is 7.98. The normalized spacial score (nSPS) is 32.3. The lowest BCUT2D eigenvalue weighted by molar-refractivity contribution is -0.0535. The van der Waals surface area contributed by atoms with E-state index in [1.807, 2.05) is 11.8 Å². The molecule has 0 amide bonds. The molecule has 4 bridgehead atoms. The van der Waals surface area contributed by atoms with Crippen molar-refractivity contribution in [2.45, 2.75) is 62.8 Å². The largest absolute Gasteiger partial charge is 0.309 e. The molecule has 0 N–H and O–H groups in total. The van der Waals surface area contributed by atoms with E-state index in [-0.39, 0.29) is 0 Å². The molecule has 6 rings (SSSR count). The van der Waals surface area contributed by atoms with Crippen LogP contribution in [0.15, 0.2) is 29.4 Å². The van der Waals surface area contributed by atoms with E-state index < -0.39 is 0 Å². The maximum Gasteiger partial charge on any atom is 0.191 e. The van der Waals surface area contributed by atoms with Gasteiger partial charge in [0.15, 0.2) is 5.16 Å². The molecule has 138 valence electrons. The molecule has 1 heterocycles. The Kier molecular flexibility index (Phi) is 4.15. The van der Waals surface area contributed by atoms with Crippen molar-refractivity contribution in [3.05, 3.63) is 41.2 Å². The van der Waals surface area contributed by atoms with Crippen molar-refractivity contribution in [1.82, 2.24) is 14.8 Å². The summed E-state index contributed by atoms with van der Waals surface area (Å²) < 4.78 is 2.27. The van der Waals surface area contributed by atoms with Crippen LogP contribution in [-0.4, -0.2) is 14.8 Å². The van der Waals surface area contributed by atoms with Crippen LogP contribution in [0.2, 0.25) is 0 Å². The predicted octanol–water partition coefficient (Wildman–Crippen LogP) is 5.17. The van der Waals surface area contributed by atoms with Gasteiger partial charge >= 0.3 is 0 Å². The summed E-state index contributed by atoms with van der Waals surface area (Å²) in [4.78, 5) is 0. The molecule has 0 atom stereocenters. The van der Waals surface area contributed by atoms with Crippen molar-refractivity contribution in [3.63, 3.8) is 0 Å². The molecule has 4 fully saturated rings. The Labute approximate surface area is 161 Å². The van der Waals surface area contributed by atoms with E-state index in [0.717, 1.165) is 35.1 Å². The summed E-state index contributed by atoms with van der Waals surface area (Å²) in [7, 11) is 2.16.